The van der Waals surface area contributed by atoms with Crippen molar-refractivity contribution in [3.63, 3.8) is 0 Å². The van der Waals surface area contributed by atoms with E-state index in [0.717, 1.165) is 5.69 Å². The van der Waals surface area contributed by atoms with Crippen LogP contribution in [0, 0.1) is 19.7 Å². The number of aryl methyl sites for hydroxylation is 2. The lowest BCUT2D eigenvalue weighted by Gasteiger charge is -2.18. The Morgan fingerprint density at radius 3 is 2.33 bits per heavy atom. The van der Waals surface area contributed by atoms with Crippen molar-refractivity contribution in [2.45, 2.75) is 26.8 Å². The van der Waals surface area contributed by atoms with Gasteiger partial charge in [0, 0.05) is 5.69 Å². The molecule has 0 unspecified atom stereocenters. The molecular weight excluding hydrogens is 283 g/mol. The van der Waals surface area contributed by atoms with Gasteiger partial charge in [0.2, 0.25) is 0 Å². The van der Waals surface area contributed by atoms with Crippen LogP contribution in [0.1, 0.15) is 29.7 Å². The van der Waals surface area contributed by atoms with Gasteiger partial charge in [0.25, 0.3) is 0 Å². The van der Waals surface area contributed by atoms with E-state index in [-0.39, 0.29) is 11.9 Å². The maximum atomic E-state index is 12.8. The summed E-state index contributed by atoms with van der Waals surface area (Å²) in [5.74, 6) is -0.261. The first-order valence-corrected chi connectivity index (χ1v) is 7.27. The number of halogens is 1. The predicted molar refractivity (Wildman–Crippen MR) is 90.1 cm³/mol. The first-order valence-electron chi connectivity index (χ1n) is 6.86. The zero-order valence-corrected chi connectivity index (χ0v) is 13.2. The van der Waals surface area contributed by atoms with E-state index in [9.17, 15) is 4.39 Å². The van der Waals surface area contributed by atoms with Gasteiger partial charge in [-0.1, -0.05) is 18.2 Å². The molecule has 0 saturated heterocycles. The first kappa shape index (κ1) is 15.4. The van der Waals surface area contributed by atoms with Crippen LogP contribution < -0.4 is 10.6 Å². The Balaban J connectivity index is 1.98. The van der Waals surface area contributed by atoms with Crippen molar-refractivity contribution < 1.29 is 4.39 Å². The lowest BCUT2D eigenvalue weighted by Crippen LogP contribution is -2.30. The molecule has 0 amide bonds. The van der Waals surface area contributed by atoms with Crippen molar-refractivity contribution >= 4 is 23.0 Å². The molecule has 0 spiro atoms. The van der Waals surface area contributed by atoms with Crippen molar-refractivity contribution in [2.24, 2.45) is 0 Å². The Hall–Kier alpha value is -1.94. The highest BCUT2D eigenvalue weighted by Gasteiger charge is 2.08. The van der Waals surface area contributed by atoms with E-state index in [1.165, 1.54) is 28.8 Å². The second kappa shape index (κ2) is 6.68. The molecule has 21 heavy (non-hydrogen) atoms. The highest BCUT2D eigenvalue weighted by Crippen LogP contribution is 2.17. The normalized spacial score (nSPS) is 11.8. The highest BCUT2D eigenvalue weighted by molar-refractivity contribution is 7.80. The van der Waals surface area contributed by atoms with Gasteiger partial charge in [-0.25, -0.2) is 4.39 Å². The fourth-order valence-electron chi connectivity index (χ4n) is 2.01. The molecule has 4 heteroatoms. The Bertz CT molecular complexity index is 638. The van der Waals surface area contributed by atoms with E-state index in [1.807, 2.05) is 0 Å². The van der Waals surface area contributed by atoms with Crippen LogP contribution in [-0.2, 0) is 0 Å². The standard InChI is InChI=1S/C17H19FN2S/c1-11-4-5-14(10-12(11)2)13(3)19-17(21)20-16-8-6-15(18)7-9-16/h4-10,13H,1-3H3,(H2,19,20,21)/t13-/m1/s1. The van der Waals surface area contributed by atoms with E-state index in [4.69, 9.17) is 12.2 Å². The zero-order valence-electron chi connectivity index (χ0n) is 12.4. The minimum absolute atomic E-state index is 0.102. The summed E-state index contributed by atoms with van der Waals surface area (Å²) in [6.45, 7) is 6.25. The minimum Gasteiger partial charge on any atom is -0.356 e. The second-order valence-electron chi connectivity index (χ2n) is 5.17. The number of thiocarbonyl (C=S) groups is 1. The molecule has 0 aliphatic carbocycles. The molecule has 2 aromatic rings. The largest absolute Gasteiger partial charge is 0.356 e. The number of rotatable bonds is 3. The minimum atomic E-state index is -0.261. The first-order chi connectivity index (χ1) is 9.95. The molecule has 2 rings (SSSR count). The van der Waals surface area contributed by atoms with Crippen molar-refractivity contribution in [3.05, 3.63) is 65.0 Å². The van der Waals surface area contributed by atoms with Crippen molar-refractivity contribution in [3.8, 4) is 0 Å². The number of hydrogen-bond donors (Lipinski definition) is 2. The van der Waals surface area contributed by atoms with Gasteiger partial charge in [0.05, 0.1) is 6.04 Å². The number of nitrogens with one attached hydrogen (secondary N) is 2. The van der Waals surface area contributed by atoms with E-state index < -0.39 is 0 Å². The van der Waals surface area contributed by atoms with Crippen molar-refractivity contribution in [1.82, 2.24) is 5.32 Å². The molecule has 110 valence electrons. The van der Waals surface area contributed by atoms with Gasteiger partial charge < -0.3 is 10.6 Å². The van der Waals surface area contributed by atoms with Crippen LogP contribution in [0.4, 0.5) is 10.1 Å². The number of benzene rings is 2. The molecule has 0 heterocycles. The number of hydrogen-bond acceptors (Lipinski definition) is 1. The fourth-order valence-corrected chi connectivity index (χ4v) is 2.31. The average molecular weight is 302 g/mol. The molecule has 0 aromatic heterocycles. The van der Waals surface area contributed by atoms with E-state index in [1.54, 1.807) is 12.1 Å². The highest BCUT2D eigenvalue weighted by atomic mass is 32.1. The second-order valence-corrected chi connectivity index (χ2v) is 5.58. The third-order valence-corrected chi connectivity index (χ3v) is 3.70. The fraction of sp³-hybridized carbons (Fsp3) is 0.235. The van der Waals surface area contributed by atoms with Gasteiger partial charge in [-0.2, -0.15) is 0 Å². The molecule has 0 aliphatic rings. The van der Waals surface area contributed by atoms with E-state index in [0.29, 0.717) is 5.11 Å². The zero-order chi connectivity index (χ0) is 15.4. The van der Waals surface area contributed by atoms with E-state index >= 15 is 0 Å². The van der Waals surface area contributed by atoms with Crippen molar-refractivity contribution in [1.29, 1.82) is 0 Å². The summed E-state index contributed by atoms with van der Waals surface area (Å²) in [4.78, 5) is 0. The summed E-state index contributed by atoms with van der Waals surface area (Å²) >= 11 is 5.29. The van der Waals surface area contributed by atoms with Crippen LogP contribution in [0.15, 0.2) is 42.5 Å². The van der Waals surface area contributed by atoms with Gasteiger partial charge in [-0.05, 0) is 73.9 Å². The molecule has 2 nitrogen and oxygen atoms in total. The van der Waals surface area contributed by atoms with Crippen molar-refractivity contribution in [2.75, 3.05) is 5.32 Å². The molecule has 2 N–H and O–H groups in total. The molecule has 0 fully saturated rings. The summed E-state index contributed by atoms with van der Waals surface area (Å²) in [6, 6.07) is 12.6. The molecule has 0 saturated carbocycles. The van der Waals surface area contributed by atoms with Crippen LogP contribution in [-0.4, -0.2) is 5.11 Å². The summed E-state index contributed by atoms with van der Waals surface area (Å²) in [7, 11) is 0. The summed E-state index contributed by atoms with van der Waals surface area (Å²) in [6.07, 6.45) is 0. The quantitative estimate of drug-likeness (QED) is 0.817. The maximum absolute atomic E-state index is 12.8. The van der Waals surface area contributed by atoms with E-state index in [2.05, 4.69) is 49.6 Å². The smallest absolute Gasteiger partial charge is 0.171 e. The topological polar surface area (TPSA) is 24.1 Å². The van der Waals surface area contributed by atoms with Crippen LogP contribution in [0.25, 0.3) is 0 Å². The lowest BCUT2D eigenvalue weighted by molar-refractivity contribution is 0.628. The molecule has 1 atom stereocenters. The Morgan fingerprint density at radius 2 is 1.71 bits per heavy atom. The molecule has 2 aromatic carbocycles. The number of anilines is 1. The molecule has 0 aliphatic heterocycles. The van der Waals surface area contributed by atoms with Gasteiger partial charge in [-0.3, -0.25) is 0 Å². The van der Waals surface area contributed by atoms with Crippen LogP contribution in [0.3, 0.4) is 0 Å². The summed E-state index contributed by atoms with van der Waals surface area (Å²) in [5, 5.41) is 6.80. The Kier molecular flexibility index (Phi) is 4.91. The van der Waals surface area contributed by atoms with Gasteiger partial charge in [-0.15, -0.1) is 0 Å². The predicted octanol–water partition coefficient (Wildman–Crippen LogP) is 4.49. The van der Waals surface area contributed by atoms with Crippen LogP contribution in [0.5, 0.6) is 0 Å². The third-order valence-electron chi connectivity index (χ3n) is 3.48. The Labute approximate surface area is 130 Å². The Morgan fingerprint density at radius 1 is 1.05 bits per heavy atom. The lowest BCUT2D eigenvalue weighted by atomic mass is 10.0. The SMILES string of the molecule is Cc1ccc([C@@H](C)NC(=S)Nc2ccc(F)cc2)cc1C. The average Bonchev–Trinajstić information content (AvgIpc) is 2.44. The third kappa shape index (κ3) is 4.26. The monoisotopic (exact) mass is 302 g/mol. The molecule has 0 bridgehead atoms. The van der Waals surface area contributed by atoms with Gasteiger partial charge in [0.15, 0.2) is 5.11 Å². The van der Waals surface area contributed by atoms with Gasteiger partial charge >= 0.3 is 0 Å². The summed E-state index contributed by atoms with van der Waals surface area (Å²) in [5.41, 5.74) is 4.49. The summed E-state index contributed by atoms with van der Waals surface area (Å²) < 4.78 is 12.8. The molecular formula is C17H19FN2S. The maximum Gasteiger partial charge on any atom is 0.171 e. The molecule has 0 radical (unpaired) electrons. The van der Waals surface area contributed by atoms with Crippen LogP contribution in [0.2, 0.25) is 0 Å². The van der Waals surface area contributed by atoms with Gasteiger partial charge in [0.1, 0.15) is 5.82 Å². The van der Waals surface area contributed by atoms with Crippen LogP contribution >= 0.6 is 12.2 Å².